The molecule has 7 nitrogen and oxygen atoms in total. The van der Waals surface area contributed by atoms with Gasteiger partial charge >= 0.3 is 12.0 Å². The van der Waals surface area contributed by atoms with Crippen molar-refractivity contribution in [3.8, 4) is 0 Å². The zero-order valence-electron chi connectivity index (χ0n) is 15.2. The molecule has 2 atom stereocenters. The van der Waals surface area contributed by atoms with Crippen LogP contribution in [0, 0.1) is 5.92 Å². The van der Waals surface area contributed by atoms with Gasteiger partial charge in [0, 0.05) is 0 Å². The van der Waals surface area contributed by atoms with E-state index in [0.29, 0.717) is 6.42 Å². The van der Waals surface area contributed by atoms with Crippen LogP contribution in [0.2, 0.25) is 0 Å². The fraction of sp³-hybridized carbons (Fsp3) is 0.500. The van der Waals surface area contributed by atoms with Gasteiger partial charge in [-0.2, -0.15) is 0 Å². The fourth-order valence-electron chi connectivity index (χ4n) is 2.28. The van der Waals surface area contributed by atoms with E-state index in [4.69, 9.17) is 0 Å². The second kappa shape index (κ2) is 10.3. The molecule has 1 rings (SSSR count). The van der Waals surface area contributed by atoms with Crippen LogP contribution in [0.15, 0.2) is 30.3 Å². The number of carbonyl (C=O) groups excluding carboxylic acids is 3. The van der Waals surface area contributed by atoms with Crippen LogP contribution in [0.3, 0.4) is 0 Å². The molecule has 1 aromatic carbocycles. The molecule has 0 bridgehead atoms. The normalized spacial score (nSPS) is 12.8. The maximum absolute atomic E-state index is 12.2. The Labute approximate surface area is 148 Å². The number of methoxy groups -OCH3 is 1. The molecular formula is C18H27N3O4. The van der Waals surface area contributed by atoms with Crippen molar-refractivity contribution >= 4 is 17.9 Å². The lowest BCUT2D eigenvalue weighted by Crippen LogP contribution is -2.51. The lowest BCUT2D eigenvalue weighted by atomic mass is 10.0. The van der Waals surface area contributed by atoms with E-state index in [1.54, 1.807) is 0 Å². The van der Waals surface area contributed by atoms with Gasteiger partial charge in [0.25, 0.3) is 0 Å². The first-order valence-electron chi connectivity index (χ1n) is 8.30. The van der Waals surface area contributed by atoms with Crippen molar-refractivity contribution in [1.29, 1.82) is 0 Å². The van der Waals surface area contributed by atoms with Crippen LogP contribution in [0.5, 0.6) is 0 Å². The third kappa shape index (κ3) is 7.69. The van der Waals surface area contributed by atoms with Crippen molar-refractivity contribution in [3.05, 3.63) is 35.9 Å². The number of urea groups is 1. The Morgan fingerprint density at radius 2 is 1.68 bits per heavy atom. The van der Waals surface area contributed by atoms with Crippen LogP contribution in [-0.4, -0.2) is 37.6 Å². The number of ether oxygens (including phenoxy) is 1. The highest BCUT2D eigenvalue weighted by Crippen LogP contribution is 2.11. The third-order valence-electron chi connectivity index (χ3n) is 3.61. The van der Waals surface area contributed by atoms with Crippen molar-refractivity contribution in [2.45, 2.75) is 39.3 Å². The SMILES string of the molecule is COC(=O)CNC(=O)[C@@H](CC(C)C)NC(=O)N[C@H](C)c1ccccc1. The highest BCUT2D eigenvalue weighted by Gasteiger charge is 2.23. The summed E-state index contributed by atoms with van der Waals surface area (Å²) in [7, 11) is 1.25. The van der Waals surface area contributed by atoms with Crippen LogP contribution in [0.25, 0.3) is 0 Å². The van der Waals surface area contributed by atoms with E-state index in [1.807, 2.05) is 51.1 Å². The first-order chi connectivity index (χ1) is 11.8. The molecule has 0 unspecified atom stereocenters. The summed E-state index contributed by atoms with van der Waals surface area (Å²) in [6, 6.07) is 8.17. The number of rotatable bonds is 8. The van der Waals surface area contributed by atoms with Crippen molar-refractivity contribution in [2.75, 3.05) is 13.7 Å². The van der Waals surface area contributed by atoms with Crippen molar-refractivity contribution < 1.29 is 19.1 Å². The Balaban J connectivity index is 2.62. The summed E-state index contributed by atoms with van der Waals surface area (Å²) in [5, 5.41) is 7.96. The number of carbonyl (C=O) groups is 3. The van der Waals surface area contributed by atoms with Crippen LogP contribution >= 0.6 is 0 Å². The largest absolute Gasteiger partial charge is 0.468 e. The van der Waals surface area contributed by atoms with E-state index in [9.17, 15) is 14.4 Å². The predicted molar refractivity (Wildman–Crippen MR) is 94.8 cm³/mol. The van der Waals surface area contributed by atoms with E-state index >= 15 is 0 Å². The molecule has 0 aliphatic carbocycles. The second-order valence-corrected chi connectivity index (χ2v) is 6.23. The predicted octanol–water partition coefficient (Wildman–Crippen LogP) is 1.75. The number of esters is 1. The first kappa shape index (κ1) is 20.5. The summed E-state index contributed by atoms with van der Waals surface area (Å²) in [4.78, 5) is 35.6. The second-order valence-electron chi connectivity index (χ2n) is 6.23. The Morgan fingerprint density at radius 1 is 1.04 bits per heavy atom. The molecule has 25 heavy (non-hydrogen) atoms. The minimum Gasteiger partial charge on any atom is -0.468 e. The molecule has 0 saturated heterocycles. The molecular weight excluding hydrogens is 322 g/mol. The molecule has 138 valence electrons. The van der Waals surface area contributed by atoms with Gasteiger partial charge in [0.2, 0.25) is 5.91 Å². The number of hydrogen-bond donors (Lipinski definition) is 3. The average molecular weight is 349 g/mol. The maximum atomic E-state index is 12.2. The van der Waals surface area contributed by atoms with Crippen LogP contribution in [0.1, 0.15) is 38.8 Å². The molecule has 0 aliphatic heterocycles. The standard InChI is InChI=1S/C18H27N3O4/c1-12(2)10-15(17(23)19-11-16(22)25-4)21-18(24)20-13(3)14-8-6-5-7-9-14/h5-9,12-13,15H,10-11H2,1-4H3,(H,19,23)(H2,20,21,24)/t13-,15-/m1/s1. The summed E-state index contributed by atoms with van der Waals surface area (Å²) in [5.74, 6) is -0.763. The number of amides is 3. The van der Waals surface area contributed by atoms with Crippen LogP contribution < -0.4 is 16.0 Å². The zero-order valence-corrected chi connectivity index (χ0v) is 15.2. The van der Waals surface area contributed by atoms with Gasteiger partial charge in [-0.3, -0.25) is 9.59 Å². The molecule has 0 heterocycles. The van der Waals surface area contributed by atoms with Gasteiger partial charge in [-0.15, -0.1) is 0 Å². The molecule has 0 aliphatic rings. The summed E-state index contributed by atoms with van der Waals surface area (Å²) in [6.07, 6.45) is 0.458. The average Bonchev–Trinajstić information content (AvgIpc) is 2.58. The van der Waals surface area contributed by atoms with Crippen molar-refractivity contribution in [2.24, 2.45) is 5.92 Å². The van der Waals surface area contributed by atoms with Gasteiger partial charge in [-0.1, -0.05) is 44.2 Å². The summed E-state index contributed by atoms with van der Waals surface area (Å²) < 4.78 is 4.49. The molecule has 0 saturated carbocycles. The first-order valence-corrected chi connectivity index (χ1v) is 8.30. The lowest BCUT2D eigenvalue weighted by molar-refractivity contribution is -0.141. The zero-order chi connectivity index (χ0) is 18.8. The molecule has 3 amide bonds. The maximum Gasteiger partial charge on any atom is 0.325 e. The molecule has 0 spiro atoms. The topological polar surface area (TPSA) is 96.5 Å². The molecule has 1 aromatic rings. The summed E-state index contributed by atoms with van der Waals surface area (Å²) >= 11 is 0. The lowest BCUT2D eigenvalue weighted by Gasteiger charge is -2.22. The Hall–Kier alpha value is -2.57. The quantitative estimate of drug-likeness (QED) is 0.623. The Morgan fingerprint density at radius 3 is 2.24 bits per heavy atom. The fourth-order valence-corrected chi connectivity index (χ4v) is 2.28. The van der Waals surface area contributed by atoms with Crippen LogP contribution in [-0.2, 0) is 14.3 Å². The smallest absolute Gasteiger partial charge is 0.325 e. The van der Waals surface area contributed by atoms with E-state index in [0.717, 1.165) is 5.56 Å². The van der Waals surface area contributed by atoms with E-state index < -0.39 is 23.9 Å². The van der Waals surface area contributed by atoms with Gasteiger partial charge in [-0.05, 0) is 24.8 Å². The molecule has 3 N–H and O–H groups in total. The van der Waals surface area contributed by atoms with E-state index in [2.05, 4.69) is 20.7 Å². The molecule has 0 aromatic heterocycles. The summed E-state index contributed by atoms with van der Waals surface area (Å²) in [6.45, 7) is 5.54. The highest BCUT2D eigenvalue weighted by atomic mass is 16.5. The van der Waals surface area contributed by atoms with Gasteiger partial charge in [0.15, 0.2) is 0 Å². The number of benzene rings is 1. The van der Waals surface area contributed by atoms with Crippen molar-refractivity contribution in [3.63, 3.8) is 0 Å². The Bertz CT molecular complexity index is 575. The van der Waals surface area contributed by atoms with Crippen LogP contribution in [0.4, 0.5) is 4.79 Å². The van der Waals surface area contributed by atoms with Gasteiger partial charge < -0.3 is 20.7 Å². The van der Waals surface area contributed by atoms with Gasteiger partial charge in [0.1, 0.15) is 12.6 Å². The third-order valence-corrected chi connectivity index (χ3v) is 3.61. The van der Waals surface area contributed by atoms with Crippen molar-refractivity contribution in [1.82, 2.24) is 16.0 Å². The molecule has 0 fully saturated rings. The Kier molecular flexibility index (Phi) is 8.46. The van der Waals surface area contributed by atoms with Gasteiger partial charge in [-0.25, -0.2) is 4.79 Å². The number of nitrogens with one attached hydrogen (secondary N) is 3. The van der Waals surface area contributed by atoms with E-state index in [1.165, 1.54) is 7.11 Å². The monoisotopic (exact) mass is 349 g/mol. The number of hydrogen-bond acceptors (Lipinski definition) is 4. The summed E-state index contributed by atoms with van der Waals surface area (Å²) in [5.41, 5.74) is 0.966. The minimum atomic E-state index is -0.729. The molecule has 7 heteroatoms. The minimum absolute atomic E-state index is 0.195. The van der Waals surface area contributed by atoms with E-state index in [-0.39, 0.29) is 18.5 Å². The van der Waals surface area contributed by atoms with Gasteiger partial charge in [0.05, 0.1) is 13.2 Å². The highest BCUT2D eigenvalue weighted by molar-refractivity contribution is 5.89. The molecule has 0 radical (unpaired) electrons.